The lowest BCUT2D eigenvalue weighted by molar-refractivity contribution is 0.0629. The number of hydrogen-bond donors (Lipinski definition) is 4. The molecule has 2 aromatic rings. The van der Waals surface area contributed by atoms with Crippen LogP contribution in [0.3, 0.4) is 0 Å². The van der Waals surface area contributed by atoms with Crippen molar-refractivity contribution in [3.63, 3.8) is 0 Å². The van der Waals surface area contributed by atoms with Gasteiger partial charge in [0.1, 0.15) is 0 Å². The molecule has 4 amide bonds. The molecule has 2 aromatic carbocycles. The fourth-order valence-corrected chi connectivity index (χ4v) is 6.12. The third-order valence-corrected chi connectivity index (χ3v) is 7.03. The number of benzene rings is 2. The van der Waals surface area contributed by atoms with E-state index in [-0.39, 0.29) is 17.5 Å². The molecular formula is C26H36N4O2S. The number of nitrogens with one attached hydrogen (secondary N) is 4. The topological polar surface area (TPSA) is 82.3 Å². The minimum absolute atomic E-state index is 0.129. The van der Waals surface area contributed by atoms with E-state index in [1.165, 1.54) is 6.42 Å². The number of rotatable bonds is 6. The second kappa shape index (κ2) is 10.5. The Morgan fingerprint density at radius 1 is 0.879 bits per heavy atom. The summed E-state index contributed by atoms with van der Waals surface area (Å²) in [6.07, 6.45) is 3.51. The Labute approximate surface area is 201 Å². The fourth-order valence-electron chi connectivity index (χ4n) is 5.30. The SMILES string of the molecule is CNC(=O)Nc1ccc(Sc2ccc(NC(=O)NCC3(C)CC(C)CC(C)(C)C3)cc2)cc1. The van der Waals surface area contributed by atoms with Crippen LogP contribution >= 0.6 is 11.8 Å². The van der Waals surface area contributed by atoms with Crippen molar-refractivity contribution in [2.75, 3.05) is 24.2 Å². The Morgan fingerprint density at radius 3 is 1.88 bits per heavy atom. The summed E-state index contributed by atoms with van der Waals surface area (Å²) in [5, 5.41) is 11.3. The predicted molar refractivity (Wildman–Crippen MR) is 137 cm³/mol. The van der Waals surface area contributed by atoms with E-state index in [2.05, 4.69) is 49.0 Å². The monoisotopic (exact) mass is 468 g/mol. The van der Waals surface area contributed by atoms with Crippen LogP contribution in [0.4, 0.5) is 21.0 Å². The van der Waals surface area contributed by atoms with Crippen molar-refractivity contribution in [1.29, 1.82) is 0 Å². The maximum Gasteiger partial charge on any atom is 0.319 e. The molecule has 1 fully saturated rings. The van der Waals surface area contributed by atoms with Crippen LogP contribution in [0, 0.1) is 16.7 Å². The molecule has 0 spiro atoms. The van der Waals surface area contributed by atoms with E-state index >= 15 is 0 Å². The average Bonchev–Trinajstić information content (AvgIpc) is 2.73. The molecule has 1 saturated carbocycles. The first kappa shape index (κ1) is 25.0. The van der Waals surface area contributed by atoms with Crippen LogP contribution in [0.15, 0.2) is 58.3 Å². The minimum Gasteiger partial charge on any atom is -0.341 e. The van der Waals surface area contributed by atoms with E-state index in [9.17, 15) is 9.59 Å². The summed E-state index contributed by atoms with van der Waals surface area (Å²) in [5.41, 5.74) is 1.96. The van der Waals surface area contributed by atoms with Crippen molar-refractivity contribution in [1.82, 2.24) is 10.6 Å². The highest BCUT2D eigenvalue weighted by Crippen LogP contribution is 2.48. The Hall–Kier alpha value is -2.67. The van der Waals surface area contributed by atoms with Gasteiger partial charge < -0.3 is 21.3 Å². The van der Waals surface area contributed by atoms with Crippen LogP contribution in [0.5, 0.6) is 0 Å². The molecule has 0 bridgehead atoms. The van der Waals surface area contributed by atoms with E-state index in [0.29, 0.717) is 17.9 Å². The van der Waals surface area contributed by atoms with Gasteiger partial charge in [-0.2, -0.15) is 0 Å². The molecule has 178 valence electrons. The summed E-state index contributed by atoms with van der Waals surface area (Å²) < 4.78 is 0. The summed E-state index contributed by atoms with van der Waals surface area (Å²) in [5.74, 6) is 0.678. The van der Waals surface area contributed by atoms with Gasteiger partial charge in [-0.25, -0.2) is 9.59 Å². The van der Waals surface area contributed by atoms with Gasteiger partial charge in [0, 0.05) is 34.8 Å². The lowest BCUT2D eigenvalue weighted by Gasteiger charge is -2.46. The second-order valence-electron chi connectivity index (χ2n) is 10.3. The van der Waals surface area contributed by atoms with Crippen LogP contribution < -0.4 is 21.3 Å². The van der Waals surface area contributed by atoms with Crippen molar-refractivity contribution in [2.24, 2.45) is 16.7 Å². The van der Waals surface area contributed by atoms with Crippen LogP contribution in [0.2, 0.25) is 0 Å². The van der Waals surface area contributed by atoms with Gasteiger partial charge in [-0.05, 0) is 84.5 Å². The molecule has 1 aliphatic rings. The molecule has 0 heterocycles. The molecule has 0 radical (unpaired) electrons. The summed E-state index contributed by atoms with van der Waals surface area (Å²) in [6, 6.07) is 15.1. The van der Waals surface area contributed by atoms with Crippen LogP contribution in [-0.2, 0) is 0 Å². The van der Waals surface area contributed by atoms with Crippen LogP contribution in [-0.4, -0.2) is 25.7 Å². The zero-order valence-electron chi connectivity index (χ0n) is 20.2. The van der Waals surface area contributed by atoms with Gasteiger partial charge >= 0.3 is 12.1 Å². The Kier molecular flexibility index (Phi) is 7.95. The molecule has 1 aliphatic carbocycles. The quantitative estimate of drug-likeness (QED) is 0.387. The standard InChI is InChI=1S/C26H36N4O2S/c1-18-14-25(2,3)16-26(4,15-18)17-28-24(32)30-20-8-12-22(13-9-20)33-21-10-6-19(7-11-21)29-23(31)27-5/h6-13,18H,14-17H2,1-5H3,(H2,27,29,31)(H2,28,30,32). The first-order chi connectivity index (χ1) is 15.6. The second-order valence-corrected chi connectivity index (χ2v) is 11.5. The number of carbonyl (C=O) groups excluding carboxylic acids is 2. The summed E-state index contributed by atoms with van der Waals surface area (Å²) in [7, 11) is 1.58. The zero-order chi connectivity index (χ0) is 24.1. The lowest BCUT2D eigenvalue weighted by atomic mass is 9.61. The van der Waals surface area contributed by atoms with Crippen molar-refractivity contribution in [3.05, 3.63) is 48.5 Å². The van der Waals surface area contributed by atoms with Gasteiger partial charge in [-0.1, -0.05) is 39.5 Å². The first-order valence-electron chi connectivity index (χ1n) is 11.5. The Bertz CT molecular complexity index is 959. The zero-order valence-corrected chi connectivity index (χ0v) is 21.1. The third kappa shape index (κ3) is 7.70. The van der Waals surface area contributed by atoms with Gasteiger partial charge in [0.2, 0.25) is 0 Å². The summed E-state index contributed by atoms with van der Waals surface area (Å²) in [6.45, 7) is 9.95. The summed E-state index contributed by atoms with van der Waals surface area (Å²) >= 11 is 1.62. The number of amides is 4. The molecule has 0 aromatic heterocycles. The lowest BCUT2D eigenvalue weighted by Crippen LogP contribution is -2.44. The first-order valence-corrected chi connectivity index (χ1v) is 12.3. The highest BCUT2D eigenvalue weighted by Gasteiger charge is 2.39. The highest BCUT2D eigenvalue weighted by molar-refractivity contribution is 7.99. The van der Waals surface area contributed by atoms with Gasteiger partial charge in [0.15, 0.2) is 0 Å². The third-order valence-electron chi connectivity index (χ3n) is 6.01. The molecule has 0 aliphatic heterocycles. The molecule has 0 saturated heterocycles. The maximum atomic E-state index is 12.5. The van der Waals surface area contributed by atoms with Crippen molar-refractivity contribution >= 4 is 35.2 Å². The Balaban J connectivity index is 1.49. The van der Waals surface area contributed by atoms with E-state index in [1.807, 2.05) is 48.5 Å². The maximum absolute atomic E-state index is 12.5. The Morgan fingerprint density at radius 2 is 1.39 bits per heavy atom. The summed E-state index contributed by atoms with van der Waals surface area (Å²) in [4.78, 5) is 26.0. The molecule has 3 rings (SSSR count). The number of carbonyl (C=O) groups is 2. The van der Waals surface area contributed by atoms with Crippen molar-refractivity contribution < 1.29 is 9.59 Å². The van der Waals surface area contributed by atoms with Gasteiger partial charge in [0.25, 0.3) is 0 Å². The molecule has 4 N–H and O–H groups in total. The fraction of sp³-hybridized carbons (Fsp3) is 0.462. The van der Waals surface area contributed by atoms with Gasteiger partial charge in [-0.3, -0.25) is 0 Å². The number of anilines is 2. The van der Waals surface area contributed by atoms with Gasteiger partial charge in [-0.15, -0.1) is 0 Å². The molecule has 2 unspecified atom stereocenters. The van der Waals surface area contributed by atoms with E-state index < -0.39 is 0 Å². The smallest absolute Gasteiger partial charge is 0.319 e. The highest BCUT2D eigenvalue weighted by atomic mass is 32.2. The predicted octanol–water partition coefficient (Wildman–Crippen LogP) is 6.56. The number of hydrogen-bond acceptors (Lipinski definition) is 3. The largest absolute Gasteiger partial charge is 0.341 e. The minimum atomic E-state index is -0.242. The van der Waals surface area contributed by atoms with Crippen LogP contribution in [0.1, 0.15) is 47.0 Å². The van der Waals surface area contributed by atoms with E-state index in [0.717, 1.165) is 34.0 Å². The van der Waals surface area contributed by atoms with Crippen molar-refractivity contribution in [2.45, 2.75) is 56.7 Å². The van der Waals surface area contributed by atoms with E-state index in [4.69, 9.17) is 0 Å². The molecule has 7 heteroatoms. The molecule has 2 atom stereocenters. The molecule has 33 heavy (non-hydrogen) atoms. The molecule has 6 nitrogen and oxygen atoms in total. The van der Waals surface area contributed by atoms with Crippen LogP contribution in [0.25, 0.3) is 0 Å². The van der Waals surface area contributed by atoms with E-state index in [1.54, 1.807) is 18.8 Å². The van der Waals surface area contributed by atoms with Gasteiger partial charge in [0.05, 0.1) is 0 Å². The van der Waals surface area contributed by atoms with Crippen molar-refractivity contribution in [3.8, 4) is 0 Å². The number of urea groups is 2. The normalized spacial score (nSPS) is 21.7. The average molecular weight is 469 g/mol. The molecular weight excluding hydrogens is 432 g/mol.